The first-order valence-electron chi connectivity index (χ1n) is 9.09. The van der Waals surface area contributed by atoms with Crippen LogP contribution in [0.3, 0.4) is 0 Å². The number of hydrogen-bond acceptors (Lipinski definition) is 5. The lowest BCUT2D eigenvalue weighted by molar-refractivity contribution is 0.203. The molecule has 0 bridgehead atoms. The molecule has 0 aliphatic carbocycles. The van der Waals surface area contributed by atoms with Crippen LogP contribution < -0.4 is 0 Å². The van der Waals surface area contributed by atoms with Gasteiger partial charge in [-0.3, -0.25) is 4.90 Å². The molecule has 2 aliphatic rings. The lowest BCUT2D eigenvalue weighted by atomic mass is 9.97. The van der Waals surface area contributed by atoms with Gasteiger partial charge in [-0.15, -0.1) is 10.2 Å². The highest BCUT2D eigenvalue weighted by atomic mass is 32.2. The van der Waals surface area contributed by atoms with Crippen molar-refractivity contribution in [3.05, 3.63) is 11.6 Å². The van der Waals surface area contributed by atoms with Crippen LogP contribution in [0.4, 0.5) is 0 Å². The summed E-state index contributed by atoms with van der Waals surface area (Å²) in [4.78, 5) is 5.13. The van der Waals surface area contributed by atoms with Crippen LogP contribution in [0.5, 0.6) is 0 Å². The first-order valence-corrected chi connectivity index (χ1v) is 10.5. The van der Waals surface area contributed by atoms with Crippen molar-refractivity contribution >= 4 is 11.8 Å². The Balaban J connectivity index is 1.58. The molecule has 3 heterocycles. The second kappa shape index (κ2) is 8.49. The molecule has 2 aliphatic heterocycles. The van der Waals surface area contributed by atoms with Crippen molar-refractivity contribution in [3.8, 4) is 0 Å². The van der Waals surface area contributed by atoms with Gasteiger partial charge in [0.25, 0.3) is 0 Å². The van der Waals surface area contributed by atoms with E-state index in [-0.39, 0.29) is 0 Å². The van der Waals surface area contributed by atoms with Crippen LogP contribution in [-0.4, -0.2) is 69.3 Å². The van der Waals surface area contributed by atoms with Gasteiger partial charge in [0.1, 0.15) is 11.6 Å². The molecule has 5 nitrogen and oxygen atoms in total. The normalized spacial score (nSPS) is 23.7. The zero-order valence-corrected chi connectivity index (χ0v) is 15.5. The first-order chi connectivity index (χ1) is 11.3. The third-order valence-corrected chi connectivity index (χ3v) is 5.95. The highest BCUT2D eigenvalue weighted by Crippen LogP contribution is 2.26. The van der Waals surface area contributed by atoms with Crippen LogP contribution in [-0.2, 0) is 13.6 Å². The highest BCUT2D eigenvalue weighted by Gasteiger charge is 2.26. The molecule has 23 heavy (non-hydrogen) atoms. The maximum atomic E-state index is 4.57. The summed E-state index contributed by atoms with van der Waals surface area (Å²) in [6.07, 6.45) is 8.71. The fourth-order valence-electron chi connectivity index (χ4n) is 3.91. The van der Waals surface area contributed by atoms with E-state index in [0.29, 0.717) is 5.92 Å². The Morgan fingerprint density at radius 3 is 2.65 bits per heavy atom. The Morgan fingerprint density at radius 2 is 1.87 bits per heavy atom. The molecule has 1 aromatic heterocycles. The zero-order valence-electron chi connectivity index (χ0n) is 14.7. The molecule has 0 saturated carbocycles. The average molecular weight is 338 g/mol. The summed E-state index contributed by atoms with van der Waals surface area (Å²) in [5.41, 5.74) is 0. The van der Waals surface area contributed by atoms with Crippen molar-refractivity contribution in [1.29, 1.82) is 0 Å². The molecule has 0 N–H and O–H groups in total. The fourth-order valence-corrected chi connectivity index (χ4v) is 4.33. The van der Waals surface area contributed by atoms with Gasteiger partial charge in [-0.2, -0.15) is 11.8 Å². The molecular weight excluding hydrogens is 306 g/mol. The lowest BCUT2D eigenvalue weighted by Crippen LogP contribution is -2.36. The smallest absolute Gasteiger partial charge is 0.146 e. The highest BCUT2D eigenvalue weighted by molar-refractivity contribution is 7.98. The molecule has 1 aromatic rings. The van der Waals surface area contributed by atoms with Gasteiger partial charge in [0.05, 0.1) is 6.54 Å². The van der Waals surface area contributed by atoms with E-state index in [1.165, 1.54) is 69.9 Å². The van der Waals surface area contributed by atoms with E-state index in [2.05, 4.69) is 37.9 Å². The molecule has 130 valence electrons. The summed E-state index contributed by atoms with van der Waals surface area (Å²) in [7, 11) is 2.16. The van der Waals surface area contributed by atoms with Gasteiger partial charge in [0.15, 0.2) is 0 Å². The maximum Gasteiger partial charge on any atom is 0.146 e. The van der Waals surface area contributed by atoms with Crippen molar-refractivity contribution in [3.63, 3.8) is 0 Å². The van der Waals surface area contributed by atoms with Gasteiger partial charge in [-0.25, -0.2) is 0 Å². The number of nitrogens with zero attached hydrogens (tertiary/aromatic N) is 5. The van der Waals surface area contributed by atoms with E-state index in [4.69, 9.17) is 0 Å². The Kier molecular flexibility index (Phi) is 6.36. The van der Waals surface area contributed by atoms with Gasteiger partial charge >= 0.3 is 0 Å². The third-order valence-electron chi connectivity index (χ3n) is 5.26. The van der Waals surface area contributed by atoms with Crippen molar-refractivity contribution < 1.29 is 0 Å². The van der Waals surface area contributed by atoms with E-state index in [9.17, 15) is 0 Å². The average Bonchev–Trinajstić information content (AvgIpc) is 3.19. The number of aromatic nitrogens is 3. The third kappa shape index (κ3) is 4.48. The summed E-state index contributed by atoms with van der Waals surface area (Å²) >= 11 is 1.95. The Labute approximate surface area is 144 Å². The summed E-state index contributed by atoms with van der Waals surface area (Å²) < 4.78 is 2.27. The molecule has 2 fully saturated rings. The standard InChI is InChI=1S/C17H31N5S/c1-20-16(14-22-8-3-4-9-22)18-19-17(20)15-7-5-10-21(13-15)11-6-12-23-2/h15H,3-14H2,1-2H3/t15-/m0/s1. The molecule has 3 rings (SSSR count). The Morgan fingerprint density at radius 1 is 1.09 bits per heavy atom. The summed E-state index contributed by atoms with van der Waals surface area (Å²) in [6, 6.07) is 0. The minimum Gasteiger partial charge on any atom is -0.317 e. The van der Waals surface area contributed by atoms with Gasteiger partial charge < -0.3 is 9.47 Å². The Bertz CT molecular complexity index is 483. The van der Waals surface area contributed by atoms with E-state index in [0.717, 1.165) is 18.9 Å². The first kappa shape index (κ1) is 17.2. The maximum absolute atomic E-state index is 4.57. The zero-order chi connectivity index (χ0) is 16.1. The Hall–Kier alpha value is -0.590. The minimum absolute atomic E-state index is 0.558. The largest absolute Gasteiger partial charge is 0.317 e. The molecule has 2 saturated heterocycles. The summed E-state index contributed by atoms with van der Waals surface area (Å²) in [5.74, 6) is 4.17. The number of likely N-dealkylation sites (tertiary alicyclic amines) is 2. The fraction of sp³-hybridized carbons (Fsp3) is 0.882. The number of rotatable bonds is 7. The molecule has 0 radical (unpaired) electrons. The van der Waals surface area contributed by atoms with Gasteiger partial charge in [0.2, 0.25) is 0 Å². The van der Waals surface area contributed by atoms with E-state index < -0.39 is 0 Å². The van der Waals surface area contributed by atoms with Crippen LogP contribution in [0.25, 0.3) is 0 Å². The minimum atomic E-state index is 0.558. The quantitative estimate of drug-likeness (QED) is 0.714. The monoisotopic (exact) mass is 337 g/mol. The molecule has 0 unspecified atom stereocenters. The number of thioether (sulfide) groups is 1. The SMILES string of the molecule is CSCCCN1CCC[C@H](c2nnc(CN3CCCC3)n2C)C1. The summed E-state index contributed by atoms with van der Waals surface area (Å²) in [6.45, 7) is 7.04. The lowest BCUT2D eigenvalue weighted by Gasteiger charge is -2.32. The molecular formula is C17H31N5S. The number of hydrogen-bond donors (Lipinski definition) is 0. The van der Waals surface area contributed by atoms with Crippen molar-refractivity contribution in [2.45, 2.75) is 44.6 Å². The molecule has 0 amide bonds. The summed E-state index contributed by atoms with van der Waals surface area (Å²) in [5, 5.41) is 9.07. The van der Waals surface area contributed by atoms with Crippen molar-refractivity contribution in [2.24, 2.45) is 7.05 Å². The topological polar surface area (TPSA) is 37.2 Å². The predicted octanol–water partition coefficient (Wildman–Crippen LogP) is 2.34. The van der Waals surface area contributed by atoms with E-state index >= 15 is 0 Å². The second-order valence-electron chi connectivity index (χ2n) is 7.00. The van der Waals surface area contributed by atoms with Crippen LogP contribution in [0.2, 0.25) is 0 Å². The molecule has 0 spiro atoms. The van der Waals surface area contributed by atoms with Crippen LogP contribution >= 0.6 is 11.8 Å². The van der Waals surface area contributed by atoms with E-state index in [1.54, 1.807) is 0 Å². The van der Waals surface area contributed by atoms with Crippen LogP contribution in [0.1, 0.15) is 49.7 Å². The molecule has 6 heteroatoms. The van der Waals surface area contributed by atoms with Gasteiger partial charge in [-0.1, -0.05) is 0 Å². The van der Waals surface area contributed by atoms with Crippen LogP contribution in [0.15, 0.2) is 0 Å². The van der Waals surface area contributed by atoms with Crippen LogP contribution in [0, 0.1) is 0 Å². The van der Waals surface area contributed by atoms with Gasteiger partial charge in [0, 0.05) is 19.5 Å². The molecule has 0 aromatic carbocycles. The van der Waals surface area contributed by atoms with Crippen molar-refractivity contribution in [1.82, 2.24) is 24.6 Å². The van der Waals surface area contributed by atoms with E-state index in [1.807, 2.05) is 11.8 Å². The predicted molar refractivity (Wildman–Crippen MR) is 96.9 cm³/mol. The molecule has 1 atom stereocenters. The van der Waals surface area contributed by atoms with Gasteiger partial charge in [-0.05, 0) is 70.3 Å². The second-order valence-corrected chi connectivity index (χ2v) is 7.99. The van der Waals surface area contributed by atoms with Crippen molar-refractivity contribution in [2.75, 3.05) is 44.7 Å². The number of piperidine rings is 1.